The topological polar surface area (TPSA) is 39.7 Å². The zero-order chi connectivity index (χ0) is 12.3. The van der Waals surface area contributed by atoms with Crippen LogP contribution >= 0.6 is 0 Å². The average Bonchev–Trinajstić information content (AvgIpc) is 2.38. The van der Waals surface area contributed by atoms with E-state index in [2.05, 4.69) is 5.32 Å². The molecule has 1 rings (SSSR count). The van der Waals surface area contributed by atoms with Gasteiger partial charge in [0.2, 0.25) is 0 Å². The molecule has 4 nitrogen and oxygen atoms in total. The molecule has 1 saturated carbocycles. The fourth-order valence-corrected chi connectivity index (χ4v) is 2.23. The summed E-state index contributed by atoms with van der Waals surface area (Å²) in [6.07, 6.45) is 6.43. The van der Waals surface area contributed by atoms with Gasteiger partial charge in [-0.05, 0) is 38.6 Å². The molecule has 1 aliphatic carbocycles. The SMILES string of the molecule is COCCOCCCNC1CCC(OC)CC1. The molecule has 0 bridgehead atoms. The second-order valence-corrected chi connectivity index (χ2v) is 4.62. The lowest BCUT2D eigenvalue weighted by atomic mass is 9.93. The molecule has 0 saturated heterocycles. The van der Waals surface area contributed by atoms with Gasteiger partial charge in [0.05, 0.1) is 19.3 Å². The normalized spacial score (nSPS) is 25.1. The first-order valence-electron chi connectivity index (χ1n) is 6.69. The molecule has 0 radical (unpaired) electrons. The van der Waals surface area contributed by atoms with Gasteiger partial charge >= 0.3 is 0 Å². The average molecular weight is 245 g/mol. The van der Waals surface area contributed by atoms with E-state index in [1.807, 2.05) is 7.11 Å². The molecule has 0 atom stereocenters. The molecular formula is C13H27NO3. The Morgan fingerprint density at radius 2 is 1.76 bits per heavy atom. The third kappa shape index (κ3) is 6.99. The summed E-state index contributed by atoms with van der Waals surface area (Å²) < 4.78 is 15.7. The van der Waals surface area contributed by atoms with Crippen LogP contribution in [-0.2, 0) is 14.2 Å². The van der Waals surface area contributed by atoms with Gasteiger partial charge in [0.1, 0.15) is 0 Å². The molecule has 4 heteroatoms. The number of rotatable bonds is 9. The Hall–Kier alpha value is -0.160. The Balaban J connectivity index is 1.87. The molecule has 0 aromatic heterocycles. The first-order valence-corrected chi connectivity index (χ1v) is 6.69. The zero-order valence-electron chi connectivity index (χ0n) is 11.2. The van der Waals surface area contributed by atoms with Crippen molar-refractivity contribution in [2.24, 2.45) is 0 Å². The summed E-state index contributed by atoms with van der Waals surface area (Å²) in [5.41, 5.74) is 0. The fourth-order valence-electron chi connectivity index (χ4n) is 2.23. The smallest absolute Gasteiger partial charge is 0.0700 e. The van der Waals surface area contributed by atoms with Crippen LogP contribution < -0.4 is 5.32 Å². The lowest BCUT2D eigenvalue weighted by Crippen LogP contribution is -2.35. The summed E-state index contributed by atoms with van der Waals surface area (Å²) in [6.45, 7) is 3.27. The van der Waals surface area contributed by atoms with Gasteiger partial charge in [0.25, 0.3) is 0 Å². The standard InChI is InChI=1S/C13H27NO3/c1-15-10-11-17-9-3-8-14-12-4-6-13(16-2)7-5-12/h12-14H,3-11H2,1-2H3. The monoisotopic (exact) mass is 245 g/mol. The first kappa shape index (κ1) is 14.9. The van der Waals surface area contributed by atoms with Gasteiger partial charge in [-0.15, -0.1) is 0 Å². The molecule has 0 aliphatic heterocycles. The van der Waals surface area contributed by atoms with Crippen molar-refractivity contribution in [2.45, 2.75) is 44.2 Å². The molecule has 0 aromatic carbocycles. The lowest BCUT2D eigenvalue weighted by molar-refractivity contribution is 0.0597. The third-order valence-corrected chi connectivity index (χ3v) is 3.34. The van der Waals surface area contributed by atoms with Gasteiger partial charge in [0, 0.05) is 26.9 Å². The molecule has 1 N–H and O–H groups in total. The molecule has 0 amide bonds. The Labute approximate surface area is 105 Å². The van der Waals surface area contributed by atoms with Crippen LogP contribution in [-0.4, -0.2) is 52.7 Å². The van der Waals surface area contributed by atoms with Crippen LogP contribution in [0, 0.1) is 0 Å². The molecule has 1 aliphatic rings. The minimum absolute atomic E-state index is 0.491. The largest absolute Gasteiger partial charge is 0.382 e. The fraction of sp³-hybridized carbons (Fsp3) is 1.00. The highest BCUT2D eigenvalue weighted by Gasteiger charge is 2.19. The Kier molecular flexibility index (Phi) is 8.61. The highest BCUT2D eigenvalue weighted by Crippen LogP contribution is 2.20. The maximum atomic E-state index is 5.41. The maximum absolute atomic E-state index is 5.41. The van der Waals surface area contributed by atoms with Crippen LogP contribution in [0.15, 0.2) is 0 Å². The van der Waals surface area contributed by atoms with Gasteiger partial charge < -0.3 is 19.5 Å². The minimum atomic E-state index is 0.491. The van der Waals surface area contributed by atoms with E-state index in [0.29, 0.717) is 25.4 Å². The van der Waals surface area contributed by atoms with E-state index >= 15 is 0 Å². The van der Waals surface area contributed by atoms with Crippen molar-refractivity contribution in [3.63, 3.8) is 0 Å². The van der Waals surface area contributed by atoms with E-state index in [-0.39, 0.29) is 0 Å². The van der Waals surface area contributed by atoms with E-state index in [1.54, 1.807) is 7.11 Å². The van der Waals surface area contributed by atoms with Crippen molar-refractivity contribution in [1.29, 1.82) is 0 Å². The van der Waals surface area contributed by atoms with Crippen LogP contribution in [0.25, 0.3) is 0 Å². The second kappa shape index (κ2) is 9.83. The Morgan fingerprint density at radius 1 is 1.00 bits per heavy atom. The van der Waals surface area contributed by atoms with Gasteiger partial charge in [0.15, 0.2) is 0 Å². The summed E-state index contributed by atoms with van der Waals surface area (Å²) >= 11 is 0. The summed E-state index contributed by atoms with van der Waals surface area (Å²) in [7, 11) is 3.51. The number of nitrogens with one attached hydrogen (secondary N) is 1. The molecule has 0 spiro atoms. The molecule has 0 heterocycles. The minimum Gasteiger partial charge on any atom is -0.382 e. The predicted octanol–water partition coefficient (Wildman–Crippen LogP) is 1.59. The summed E-state index contributed by atoms with van der Waals surface area (Å²) in [5, 5.41) is 3.59. The van der Waals surface area contributed by atoms with Crippen LogP contribution in [0.4, 0.5) is 0 Å². The summed E-state index contributed by atoms with van der Waals surface area (Å²) in [4.78, 5) is 0. The van der Waals surface area contributed by atoms with Crippen LogP contribution in [0.3, 0.4) is 0 Å². The first-order chi connectivity index (χ1) is 8.36. The maximum Gasteiger partial charge on any atom is 0.0700 e. The van der Waals surface area contributed by atoms with E-state index < -0.39 is 0 Å². The van der Waals surface area contributed by atoms with E-state index in [4.69, 9.17) is 14.2 Å². The van der Waals surface area contributed by atoms with Gasteiger partial charge in [-0.25, -0.2) is 0 Å². The van der Waals surface area contributed by atoms with Gasteiger partial charge in [-0.3, -0.25) is 0 Å². The van der Waals surface area contributed by atoms with E-state index in [0.717, 1.165) is 19.6 Å². The number of ether oxygens (including phenoxy) is 3. The van der Waals surface area contributed by atoms with Crippen molar-refractivity contribution in [2.75, 3.05) is 40.6 Å². The van der Waals surface area contributed by atoms with Crippen LogP contribution in [0.1, 0.15) is 32.1 Å². The van der Waals surface area contributed by atoms with Gasteiger partial charge in [-0.1, -0.05) is 0 Å². The van der Waals surface area contributed by atoms with Gasteiger partial charge in [-0.2, -0.15) is 0 Å². The second-order valence-electron chi connectivity index (χ2n) is 4.62. The quantitative estimate of drug-likeness (QED) is 0.626. The molecule has 0 unspecified atom stereocenters. The van der Waals surface area contributed by atoms with Crippen molar-refractivity contribution in [1.82, 2.24) is 5.32 Å². The number of methoxy groups -OCH3 is 2. The number of hydrogen-bond acceptors (Lipinski definition) is 4. The molecule has 0 aromatic rings. The predicted molar refractivity (Wildman–Crippen MR) is 68.4 cm³/mol. The highest BCUT2D eigenvalue weighted by molar-refractivity contribution is 4.77. The Morgan fingerprint density at radius 3 is 2.41 bits per heavy atom. The molecular weight excluding hydrogens is 218 g/mol. The third-order valence-electron chi connectivity index (χ3n) is 3.34. The van der Waals surface area contributed by atoms with E-state index in [9.17, 15) is 0 Å². The van der Waals surface area contributed by atoms with E-state index in [1.165, 1.54) is 25.7 Å². The highest BCUT2D eigenvalue weighted by atomic mass is 16.5. The van der Waals surface area contributed by atoms with Crippen LogP contribution in [0.5, 0.6) is 0 Å². The molecule has 1 fully saturated rings. The van der Waals surface area contributed by atoms with Crippen molar-refractivity contribution >= 4 is 0 Å². The van der Waals surface area contributed by atoms with Crippen LogP contribution in [0.2, 0.25) is 0 Å². The van der Waals surface area contributed by atoms with Crippen molar-refractivity contribution in [3.8, 4) is 0 Å². The molecule has 102 valence electrons. The summed E-state index contributed by atoms with van der Waals surface area (Å²) in [6, 6.07) is 0.681. The number of hydrogen-bond donors (Lipinski definition) is 1. The Bertz CT molecular complexity index is 170. The lowest BCUT2D eigenvalue weighted by Gasteiger charge is -2.28. The van der Waals surface area contributed by atoms with Crippen molar-refractivity contribution < 1.29 is 14.2 Å². The molecule has 17 heavy (non-hydrogen) atoms. The van der Waals surface area contributed by atoms with Crippen molar-refractivity contribution in [3.05, 3.63) is 0 Å². The zero-order valence-corrected chi connectivity index (χ0v) is 11.2. The summed E-state index contributed by atoms with van der Waals surface area (Å²) in [5.74, 6) is 0.